The van der Waals surface area contributed by atoms with Crippen molar-refractivity contribution in [2.45, 2.75) is 96.2 Å². The fraction of sp³-hybridized carbons (Fsp3) is 0.609. The molecule has 0 aliphatic heterocycles. The predicted molar refractivity (Wildman–Crippen MR) is 128 cm³/mol. The second-order valence-corrected chi connectivity index (χ2v) is 17.6. The number of aliphatic hydroxyl groups is 1. The first-order valence-electron chi connectivity index (χ1n) is 10.6. The summed E-state index contributed by atoms with van der Waals surface area (Å²) in [7, 11) is -6.52. The van der Waals surface area contributed by atoms with Crippen molar-refractivity contribution in [2.75, 3.05) is 0 Å². The van der Waals surface area contributed by atoms with E-state index in [2.05, 4.69) is 0 Å². The average molecular weight is 470 g/mol. The van der Waals surface area contributed by atoms with Crippen LogP contribution >= 0.6 is 0 Å². The third-order valence-corrected chi connectivity index (χ3v) is 13.2. The van der Waals surface area contributed by atoms with Crippen LogP contribution in [0.15, 0.2) is 40.3 Å². The molecule has 1 N–H and O–H groups in total. The Labute approximate surface area is 189 Å². The lowest BCUT2D eigenvalue weighted by molar-refractivity contribution is 0.105. The average Bonchev–Trinajstić information content (AvgIpc) is 2.59. The molecule has 0 heterocycles. The number of hydrogen-bond donors (Lipinski definition) is 1. The summed E-state index contributed by atoms with van der Waals surface area (Å²) in [6.07, 6.45) is 0.456. The molecule has 0 aliphatic rings. The molecule has 0 spiro atoms. The van der Waals surface area contributed by atoms with Gasteiger partial charge in [0.05, 0.1) is 18.7 Å². The van der Waals surface area contributed by atoms with Crippen molar-refractivity contribution < 1.29 is 23.1 Å². The molecule has 1 amide bonds. The largest absolute Gasteiger partial charge is 0.416 e. The second kappa shape index (κ2) is 9.88. The Morgan fingerprint density at radius 1 is 1.06 bits per heavy atom. The maximum absolute atomic E-state index is 13.4. The number of aryl methyl sites for hydroxylation is 1. The Kier molecular flexibility index (Phi) is 8.73. The van der Waals surface area contributed by atoms with Crippen LogP contribution in [0.4, 0.5) is 4.79 Å². The Morgan fingerprint density at radius 3 is 1.90 bits per heavy atom. The molecule has 0 aromatic heterocycles. The van der Waals surface area contributed by atoms with Gasteiger partial charge in [-0.3, -0.25) is 0 Å². The fourth-order valence-corrected chi connectivity index (χ4v) is 5.74. The summed E-state index contributed by atoms with van der Waals surface area (Å²) in [4.78, 5) is 14.4. The van der Waals surface area contributed by atoms with Gasteiger partial charge in [0.2, 0.25) is 14.9 Å². The van der Waals surface area contributed by atoms with E-state index < -0.39 is 34.8 Å². The maximum Gasteiger partial charge on any atom is 0.416 e. The van der Waals surface area contributed by atoms with E-state index in [0.29, 0.717) is 0 Å². The molecule has 0 saturated heterocycles. The number of aliphatic hydroxyl groups excluding tert-OH is 1. The molecule has 31 heavy (non-hydrogen) atoms. The quantitative estimate of drug-likeness (QED) is 0.434. The standard InChI is InChI=1S/C23H39NO5SSi/c1-16(2)24(17(3)4)22(26)29-21(15-20(25)31(9,10)23(6,7)8)30(27,28)19-13-11-18(5)12-14-19/h11-17,20,25H,1-10H3/b21-15+. The molecule has 0 saturated carbocycles. The van der Waals surface area contributed by atoms with Crippen molar-refractivity contribution in [3.8, 4) is 0 Å². The number of amides is 1. The molecule has 1 atom stereocenters. The van der Waals surface area contributed by atoms with Crippen LogP contribution in [0.5, 0.6) is 0 Å². The van der Waals surface area contributed by atoms with Crippen LogP contribution in [-0.2, 0) is 14.6 Å². The normalized spacial score (nSPS) is 14.7. The molecule has 0 fully saturated rings. The number of nitrogens with zero attached hydrogens (tertiary/aromatic N) is 1. The highest BCUT2D eigenvalue weighted by Crippen LogP contribution is 2.39. The number of carbonyl (C=O) groups is 1. The number of benzene rings is 1. The fourth-order valence-electron chi connectivity index (χ4n) is 2.95. The molecule has 1 aromatic rings. The van der Waals surface area contributed by atoms with Crippen LogP contribution in [0.3, 0.4) is 0 Å². The Balaban J connectivity index is 3.56. The zero-order chi connectivity index (χ0) is 24.4. The van der Waals surface area contributed by atoms with Crippen molar-refractivity contribution in [1.82, 2.24) is 4.90 Å². The van der Waals surface area contributed by atoms with Crippen molar-refractivity contribution in [3.63, 3.8) is 0 Å². The smallest absolute Gasteiger partial charge is 0.398 e. The first kappa shape index (κ1) is 27.4. The first-order valence-corrected chi connectivity index (χ1v) is 15.2. The number of carbonyl (C=O) groups excluding carboxylic acids is 1. The second-order valence-electron chi connectivity index (χ2n) is 10.2. The van der Waals surface area contributed by atoms with Crippen molar-refractivity contribution in [2.24, 2.45) is 0 Å². The van der Waals surface area contributed by atoms with Gasteiger partial charge in [-0.05, 0) is 57.9 Å². The van der Waals surface area contributed by atoms with E-state index in [-0.39, 0.29) is 22.0 Å². The van der Waals surface area contributed by atoms with Gasteiger partial charge in [0, 0.05) is 12.1 Å². The van der Waals surface area contributed by atoms with Crippen molar-refractivity contribution in [1.29, 1.82) is 0 Å². The van der Waals surface area contributed by atoms with Gasteiger partial charge in [-0.25, -0.2) is 13.2 Å². The summed E-state index contributed by atoms with van der Waals surface area (Å²) in [5, 5.41) is 10.3. The highest BCUT2D eigenvalue weighted by atomic mass is 32.2. The van der Waals surface area contributed by atoms with Crippen LogP contribution < -0.4 is 0 Å². The molecule has 1 unspecified atom stereocenters. The van der Waals surface area contributed by atoms with E-state index in [1.807, 2.05) is 68.5 Å². The van der Waals surface area contributed by atoms with E-state index in [1.54, 1.807) is 12.1 Å². The highest BCUT2D eigenvalue weighted by molar-refractivity contribution is 7.95. The summed E-state index contributed by atoms with van der Waals surface area (Å²) >= 11 is 0. The zero-order valence-corrected chi connectivity index (χ0v) is 22.4. The third kappa shape index (κ3) is 6.43. The van der Waals surface area contributed by atoms with Gasteiger partial charge in [0.1, 0.15) is 0 Å². The molecule has 0 bridgehead atoms. The summed E-state index contributed by atoms with van der Waals surface area (Å²) in [6, 6.07) is 5.97. The molecule has 1 aromatic carbocycles. The highest BCUT2D eigenvalue weighted by Gasteiger charge is 2.42. The summed E-state index contributed by atoms with van der Waals surface area (Å²) < 4.78 is 32.3. The topological polar surface area (TPSA) is 83.9 Å². The number of sulfone groups is 1. The first-order chi connectivity index (χ1) is 13.9. The maximum atomic E-state index is 13.4. The van der Waals surface area contributed by atoms with Crippen LogP contribution in [-0.4, -0.2) is 50.4 Å². The van der Waals surface area contributed by atoms with Crippen LogP contribution in [0, 0.1) is 6.92 Å². The molecule has 0 aliphatic carbocycles. The van der Waals surface area contributed by atoms with Crippen LogP contribution in [0.2, 0.25) is 18.1 Å². The lowest BCUT2D eigenvalue weighted by atomic mass is 10.2. The van der Waals surface area contributed by atoms with E-state index in [1.165, 1.54) is 23.1 Å². The molecular formula is C23H39NO5SSi. The van der Waals surface area contributed by atoms with Crippen LogP contribution in [0.1, 0.15) is 54.0 Å². The number of rotatable bonds is 7. The predicted octanol–water partition coefficient (Wildman–Crippen LogP) is 5.27. The van der Waals surface area contributed by atoms with Gasteiger partial charge < -0.3 is 14.7 Å². The van der Waals surface area contributed by atoms with Gasteiger partial charge in [-0.15, -0.1) is 0 Å². The van der Waals surface area contributed by atoms with Gasteiger partial charge in [-0.1, -0.05) is 51.6 Å². The van der Waals surface area contributed by atoms with Crippen LogP contribution in [0.25, 0.3) is 0 Å². The lowest BCUT2D eigenvalue weighted by Crippen LogP contribution is -2.49. The molecule has 8 heteroatoms. The van der Waals surface area contributed by atoms with Crippen molar-refractivity contribution >= 4 is 24.0 Å². The number of hydrogen-bond acceptors (Lipinski definition) is 5. The Hall–Kier alpha value is -1.64. The van der Waals surface area contributed by atoms with E-state index in [0.717, 1.165) is 5.56 Å². The Bertz CT molecular complexity index is 889. The molecule has 1 rings (SSSR count). The van der Waals surface area contributed by atoms with Gasteiger partial charge in [0.25, 0.3) is 0 Å². The summed E-state index contributed by atoms with van der Waals surface area (Å²) in [5.41, 5.74) is -0.115. The molecular weight excluding hydrogens is 430 g/mol. The monoisotopic (exact) mass is 469 g/mol. The minimum absolute atomic E-state index is 0.0141. The third-order valence-electron chi connectivity index (χ3n) is 6.07. The zero-order valence-electron chi connectivity index (χ0n) is 20.6. The van der Waals surface area contributed by atoms with E-state index >= 15 is 0 Å². The van der Waals surface area contributed by atoms with Crippen molar-refractivity contribution in [3.05, 3.63) is 41.0 Å². The number of ether oxygens (including phenoxy) is 1. The minimum Gasteiger partial charge on any atom is -0.398 e. The van der Waals surface area contributed by atoms with Gasteiger partial charge in [-0.2, -0.15) is 0 Å². The molecule has 6 nitrogen and oxygen atoms in total. The molecule has 0 radical (unpaired) electrons. The minimum atomic E-state index is -4.15. The van der Waals surface area contributed by atoms with E-state index in [9.17, 15) is 18.3 Å². The summed E-state index contributed by atoms with van der Waals surface area (Å²) in [5.74, 6) is 0. The Morgan fingerprint density at radius 2 is 1.52 bits per heavy atom. The lowest BCUT2D eigenvalue weighted by Gasteiger charge is -2.39. The van der Waals surface area contributed by atoms with E-state index in [4.69, 9.17) is 4.74 Å². The SMILES string of the molecule is Cc1ccc(S(=O)(=O)/C(=C/C(O)[Si](C)(C)C(C)(C)C)OC(=O)N(C(C)C)C(C)C)cc1. The molecule has 176 valence electrons. The summed E-state index contributed by atoms with van der Waals surface area (Å²) in [6.45, 7) is 19.3. The van der Waals surface area contributed by atoms with Gasteiger partial charge >= 0.3 is 6.09 Å². The van der Waals surface area contributed by atoms with Gasteiger partial charge in [0.15, 0.2) is 0 Å².